The number of aromatic carboxylic acids is 1. The van der Waals surface area contributed by atoms with Crippen LogP contribution in [0.1, 0.15) is 21.5 Å². The third kappa shape index (κ3) is 5.60. The lowest BCUT2D eigenvalue weighted by molar-refractivity contribution is -0.134. The van der Waals surface area contributed by atoms with Crippen LogP contribution in [0.5, 0.6) is 17.2 Å². The zero-order valence-corrected chi connectivity index (χ0v) is 20.2. The van der Waals surface area contributed by atoms with Gasteiger partial charge in [0.25, 0.3) is 5.91 Å². The van der Waals surface area contributed by atoms with Gasteiger partial charge in [0.1, 0.15) is 11.3 Å². The topological polar surface area (TPSA) is 101 Å². The molecule has 0 saturated heterocycles. The predicted molar refractivity (Wildman–Crippen MR) is 136 cm³/mol. The Labute approximate surface area is 209 Å². The zero-order valence-electron chi connectivity index (χ0n) is 20.2. The van der Waals surface area contributed by atoms with Crippen molar-refractivity contribution in [3.05, 3.63) is 89.6 Å². The highest BCUT2D eigenvalue weighted by Gasteiger charge is 2.21. The van der Waals surface area contributed by atoms with E-state index < -0.39 is 5.97 Å². The summed E-state index contributed by atoms with van der Waals surface area (Å²) in [4.78, 5) is 30.0. The summed E-state index contributed by atoms with van der Waals surface area (Å²) in [5.41, 5.74) is 2.98. The number of amides is 1. The number of methoxy groups -OCH3 is 2. The van der Waals surface area contributed by atoms with Crippen molar-refractivity contribution in [1.29, 1.82) is 0 Å². The summed E-state index contributed by atoms with van der Waals surface area (Å²) >= 11 is 0. The number of nitrogens with zero attached hydrogens (tertiary/aromatic N) is 1. The highest BCUT2D eigenvalue weighted by Crippen LogP contribution is 2.31. The number of carboxylic acid groups (broad SMARTS) is 1. The number of carbonyl (C=O) groups is 2. The fraction of sp³-hybridized carbons (Fsp3) is 0.214. The van der Waals surface area contributed by atoms with Gasteiger partial charge >= 0.3 is 5.97 Å². The van der Waals surface area contributed by atoms with E-state index in [-0.39, 0.29) is 29.6 Å². The molecule has 0 spiro atoms. The molecule has 0 radical (unpaired) electrons. The Morgan fingerprint density at radius 1 is 0.972 bits per heavy atom. The number of para-hydroxylation sites is 2. The fourth-order valence-corrected chi connectivity index (χ4v) is 4.10. The van der Waals surface area contributed by atoms with Crippen molar-refractivity contribution >= 4 is 22.8 Å². The Balaban J connectivity index is 1.54. The number of fused-ring (bicyclic) bond motifs is 1. The Morgan fingerprint density at radius 3 is 2.56 bits per heavy atom. The molecule has 1 amide bonds. The molecule has 1 heterocycles. The van der Waals surface area contributed by atoms with Gasteiger partial charge in [-0.15, -0.1) is 0 Å². The molecule has 0 aliphatic carbocycles. The first-order valence-corrected chi connectivity index (χ1v) is 11.5. The van der Waals surface area contributed by atoms with Crippen LogP contribution in [0.3, 0.4) is 0 Å². The van der Waals surface area contributed by atoms with Crippen LogP contribution in [-0.4, -0.2) is 54.2 Å². The highest BCUT2D eigenvalue weighted by atomic mass is 16.5. The summed E-state index contributed by atoms with van der Waals surface area (Å²) in [7, 11) is 3.02. The van der Waals surface area contributed by atoms with Crippen molar-refractivity contribution in [2.75, 3.05) is 27.4 Å². The van der Waals surface area contributed by atoms with Gasteiger partial charge in [-0.25, -0.2) is 4.79 Å². The van der Waals surface area contributed by atoms with Gasteiger partial charge in [-0.05, 0) is 47.9 Å². The molecule has 4 rings (SSSR count). The second-order valence-corrected chi connectivity index (χ2v) is 8.21. The molecule has 0 bridgehead atoms. The van der Waals surface area contributed by atoms with E-state index >= 15 is 0 Å². The Kier molecular flexibility index (Phi) is 7.75. The average Bonchev–Trinajstić information content (AvgIpc) is 3.32. The van der Waals surface area contributed by atoms with Gasteiger partial charge in [-0.1, -0.05) is 36.4 Å². The molecule has 0 unspecified atom stereocenters. The Hall–Kier alpha value is -4.46. The highest BCUT2D eigenvalue weighted by molar-refractivity contribution is 5.92. The molecule has 0 aliphatic heterocycles. The molecular formula is C28H28N2O6. The molecule has 186 valence electrons. The minimum absolute atomic E-state index is 0.0267. The van der Waals surface area contributed by atoms with E-state index in [2.05, 4.69) is 4.98 Å². The van der Waals surface area contributed by atoms with Crippen molar-refractivity contribution < 1.29 is 28.9 Å². The maximum absolute atomic E-state index is 13.4. The van der Waals surface area contributed by atoms with E-state index in [1.807, 2.05) is 54.7 Å². The summed E-state index contributed by atoms with van der Waals surface area (Å²) < 4.78 is 16.3. The monoisotopic (exact) mass is 488 g/mol. The van der Waals surface area contributed by atoms with Crippen LogP contribution >= 0.6 is 0 Å². The third-order valence-electron chi connectivity index (χ3n) is 5.96. The zero-order chi connectivity index (χ0) is 25.5. The molecule has 36 heavy (non-hydrogen) atoms. The second-order valence-electron chi connectivity index (χ2n) is 8.21. The Morgan fingerprint density at radius 2 is 1.78 bits per heavy atom. The number of benzene rings is 3. The maximum atomic E-state index is 13.4. The number of hydrogen-bond donors (Lipinski definition) is 2. The molecule has 0 saturated carbocycles. The smallest absolute Gasteiger partial charge is 0.339 e. The average molecular weight is 489 g/mol. The molecule has 2 N–H and O–H groups in total. The number of nitrogens with one attached hydrogen (secondary N) is 1. The molecule has 3 aromatic carbocycles. The molecule has 1 aromatic heterocycles. The van der Waals surface area contributed by atoms with E-state index in [9.17, 15) is 14.7 Å². The number of ether oxygens (including phenoxy) is 3. The summed E-state index contributed by atoms with van der Waals surface area (Å²) in [5, 5.41) is 10.6. The minimum atomic E-state index is -1.16. The summed E-state index contributed by atoms with van der Waals surface area (Å²) in [6.45, 7) is 0.455. The number of carboxylic acids is 1. The molecule has 0 fully saturated rings. The van der Waals surface area contributed by atoms with Crippen molar-refractivity contribution in [2.24, 2.45) is 0 Å². The third-order valence-corrected chi connectivity index (χ3v) is 5.96. The number of aromatic amines is 1. The van der Waals surface area contributed by atoms with Crippen molar-refractivity contribution in [2.45, 2.75) is 13.0 Å². The van der Waals surface area contributed by atoms with Gasteiger partial charge in [-0.2, -0.15) is 0 Å². The van der Waals surface area contributed by atoms with Crippen molar-refractivity contribution in [3.8, 4) is 17.2 Å². The van der Waals surface area contributed by atoms with Crippen molar-refractivity contribution in [3.63, 3.8) is 0 Å². The molecule has 8 nitrogen and oxygen atoms in total. The second kappa shape index (κ2) is 11.3. The van der Waals surface area contributed by atoms with E-state index in [0.29, 0.717) is 25.3 Å². The lowest BCUT2D eigenvalue weighted by Crippen LogP contribution is -2.36. The van der Waals surface area contributed by atoms with E-state index in [0.717, 1.165) is 22.0 Å². The molecule has 4 aromatic rings. The quantitative estimate of drug-likeness (QED) is 0.322. The van der Waals surface area contributed by atoms with Crippen LogP contribution in [0, 0.1) is 0 Å². The number of H-pyrrole nitrogens is 1. The maximum Gasteiger partial charge on any atom is 0.339 e. The fourth-order valence-electron chi connectivity index (χ4n) is 4.10. The van der Waals surface area contributed by atoms with Crippen LogP contribution in [0.2, 0.25) is 0 Å². The van der Waals surface area contributed by atoms with Gasteiger partial charge in [0.05, 0.1) is 14.2 Å². The van der Waals surface area contributed by atoms with Crippen LogP contribution in [0.15, 0.2) is 72.9 Å². The summed E-state index contributed by atoms with van der Waals surface area (Å²) in [6, 6.07) is 20.1. The minimum Gasteiger partial charge on any atom is -0.497 e. The van der Waals surface area contributed by atoms with E-state index in [1.54, 1.807) is 24.1 Å². The van der Waals surface area contributed by atoms with Gasteiger partial charge < -0.3 is 29.2 Å². The lowest BCUT2D eigenvalue weighted by atomic mass is 10.1. The molecular weight excluding hydrogens is 460 g/mol. The first-order chi connectivity index (χ1) is 17.5. The molecule has 0 aliphatic rings. The number of rotatable bonds is 11. The molecule has 0 atom stereocenters. The lowest BCUT2D eigenvalue weighted by Gasteiger charge is -2.24. The summed E-state index contributed by atoms with van der Waals surface area (Å²) in [5.74, 6) is -0.462. The largest absolute Gasteiger partial charge is 0.497 e. The van der Waals surface area contributed by atoms with Gasteiger partial charge in [0.2, 0.25) is 0 Å². The number of hydrogen-bond acceptors (Lipinski definition) is 5. The van der Waals surface area contributed by atoms with E-state index in [1.165, 1.54) is 13.2 Å². The van der Waals surface area contributed by atoms with E-state index in [4.69, 9.17) is 14.2 Å². The van der Waals surface area contributed by atoms with Crippen LogP contribution in [-0.2, 0) is 17.8 Å². The predicted octanol–water partition coefficient (Wildman–Crippen LogP) is 4.53. The van der Waals surface area contributed by atoms with Crippen LogP contribution in [0.25, 0.3) is 10.9 Å². The Bertz CT molecular complexity index is 1360. The number of aromatic nitrogens is 1. The first kappa shape index (κ1) is 24.7. The van der Waals surface area contributed by atoms with Gasteiger partial charge in [-0.3, -0.25) is 4.79 Å². The SMILES string of the molecule is COc1cccc(CN(CCc2c[nH]c3ccccc23)C(=O)COc2c(OC)cccc2C(=O)O)c1. The summed E-state index contributed by atoms with van der Waals surface area (Å²) in [6.07, 6.45) is 2.60. The normalized spacial score (nSPS) is 10.7. The molecule has 8 heteroatoms. The van der Waals surface area contributed by atoms with Crippen LogP contribution in [0.4, 0.5) is 0 Å². The van der Waals surface area contributed by atoms with Crippen LogP contribution < -0.4 is 14.2 Å². The standard InChI is InChI=1S/C28H28N2O6/c1-34-21-8-5-7-19(15-21)17-30(14-13-20-16-29-24-11-4-3-9-22(20)24)26(31)18-36-27-23(28(32)33)10-6-12-25(27)35-2/h3-12,15-16,29H,13-14,17-18H2,1-2H3,(H,32,33). The van der Waals surface area contributed by atoms with Gasteiger partial charge in [0, 0.05) is 30.2 Å². The van der Waals surface area contributed by atoms with Gasteiger partial charge in [0.15, 0.2) is 18.1 Å². The van der Waals surface area contributed by atoms with Crippen molar-refractivity contribution in [1.82, 2.24) is 9.88 Å². The first-order valence-electron chi connectivity index (χ1n) is 11.5. The number of carbonyl (C=O) groups excluding carboxylic acids is 1.